The normalized spacial score (nSPS) is 14.8. The topological polar surface area (TPSA) is 17.0 Å². The van der Waals surface area contributed by atoms with Crippen LogP contribution in [0.15, 0.2) is 71.3 Å². The predicted molar refractivity (Wildman–Crippen MR) is 155 cm³/mol. The molecule has 2 nitrogen and oxygen atoms in total. The van der Waals surface area contributed by atoms with Crippen molar-refractivity contribution in [2.45, 2.75) is 71.6 Å². The summed E-state index contributed by atoms with van der Waals surface area (Å²) in [6.07, 6.45) is 9.04. The molecule has 0 spiro atoms. The molecule has 3 aromatic carbocycles. The van der Waals surface area contributed by atoms with Crippen molar-refractivity contribution in [3.05, 3.63) is 89.1 Å². The maximum atomic E-state index is 6.82. The number of hydrogen-bond acceptors (Lipinski definition) is 1. The van der Waals surface area contributed by atoms with Gasteiger partial charge in [0, 0.05) is 28.0 Å². The lowest BCUT2D eigenvalue weighted by molar-refractivity contribution is -0.660. The minimum Gasteiger partial charge on any atom is -0.454 e. The fraction of sp³-hybridized carbons (Fsp3) is 0.343. The van der Waals surface area contributed by atoms with E-state index < -0.39 is 0 Å². The Morgan fingerprint density at radius 3 is 2.27 bits per heavy atom. The van der Waals surface area contributed by atoms with Crippen molar-refractivity contribution in [3.63, 3.8) is 0 Å². The number of fused-ring (bicyclic) bond motifs is 3. The number of furan rings is 1. The minimum absolute atomic E-state index is 0.471. The summed E-state index contributed by atoms with van der Waals surface area (Å²) in [5.41, 5.74) is 12.2. The molecule has 0 aliphatic heterocycles. The van der Waals surface area contributed by atoms with E-state index in [1.54, 1.807) is 0 Å². The van der Waals surface area contributed by atoms with Gasteiger partial charge in [-0.05, 0) is 60.8 Å². The molecular formula is C35H38NO+. The van der Waals surface area contributed by atoms with Crippen molar-refractivity contribution in [3.8, 4) is 22.4 Å². The zero-order valence-corrected chi connectivity index (χ0v) is 22.9. The van der Waals surface area contributed by atoms with E-state index in [9.17, 15) is 0 Å². The third kappa shape index (κ3) is 4.17. The van der Waals surface area contributed by atoms with Gasteiger partial charge in [0.1, 0.15) is 18.2 Å². The van der Waals surface area contributed by atoms with Crippen molar-refractivity contribution < 1.29 is 8.98 Å². The molecule has 6 rings (SSSR count). The van der Waals surface area contributed by atoms with E-state index in [2.05, 4.69) is 106 Å². The number of aromatic nitrogens is 1. The Balaban J connectivity index is 1.51. The summed E-state index contributed by atoms with van der Waals surface area (Å²) in [6, 6.07) is 22.7. The van der Waals surface area contributed by atoms with E-state index in [-0.39, 0.29) is 0 Å². The fourth-order valence-corrected chi connectivity index (χ4v) is 6.54. The fourth-order valence-electron chi connectivity index (χ4n) is 6.54. The largest absolute Gasteiger partial charge is 0.454 e. The number of pyridine rings is 1. The molecule has 0 radical (unpaired) electrons. The summed E-state index contributed by atoms with van der Waals surface area (Å²) in [5, 5.41) is 2.37. The lowest BCUT2D eigenvalue weighted by Crippen LogP contribution is -2.32. The van der Waals surface area contributed by atoms with Crippen molar-refractivity contribution >= 4 is 21.9 Å². The Morgan fingerprint density at radius 2 is 1.54 bits per heavy atom. The molecule has 0 unspecified atom stereocenters. The Hall–Kier alpha value is -3.39. The molecule has 1 saturated carbocycles. The molecule has 0 amide bonds. The van der Waals surface area contributed by atoms with Gasteiger partial charge in [-0.15, -0.1) is 0 Å². The van der Waals surface area contributed by atoms with Crippen LogP contribution in [-0.4, -0.2) is 0 Å². The number of benzene rings is 3. The van der Waals surface area contributed by atoms with Crippen molar-refractivity contribution in [1.82, 2.24) is 0 Å². The van der Waals surface area contributed by atoms with Crippen LogP contribution >= 0.6 is 0 Å². The van der Waals surface area contributed by atoms with Crippen LogP contribution in [0.1, 0.15) is 80.0 Å². The highest BCUT2D eigenvalue weighted by Gasteiger charge is 2.24. The molecule has 37 heavy (non-hydrogen) atoms. The second-order valence-electron chi connectivity index (χ2n) is 11.4. The van der Waals surface area contributed by atoms with E-state index in [1.807, 2.05) is 0 Å². The third-order valence-corrected chi connectivity index (χ3v) is 8.57. The van der Waals surface area contributed by atoms with Gasteiger partial charge in [0.05, 0.1) is 5.56 Å². The summed E-state index contributed by atoms with van der Waals surface area (Å²) in [4.78, 5) is 0. The summed E-state index contributed by atoms with van der Waals surface area (Å²) < 4.78 is 9.07. The van der Waals surface area contributed by atoms with Gasteiger partial charge in [0.15, 0.2) is 6.20 Å². The van der Waals surface area contributed by atoms with Crippen LogP contribution in [0.3, 0.4) is 0 Å². The smallest absolute Gasteiger partial charge is 0.216 e. The highest BCUT2D eigenvalue weighted by atomic mass is 16.3. The molecule has 188 valence electrons. The van der Waals surface area contributed by atoms with E-state index in [0.717, 1.165) is 17.1 Å². The molecule has 0 atom stereocenters. The van der Waals surface area contributed by atoms with Gasteiger partial charge in [-0.1, -0.05) is 87.7 Å². The Labute approximate surface area is 221 Å². The lowest BCUT2D eigenvalue weighted by atomic mass is 9.83. The van der Waals surface area contributed by atoms with Crippen molar-refractivity contribution in [2.24, 2.45) is 7.05 Å². The predicted octanol–water partition coefficient (Wildman–Crippen LogP) is 9.53. The summed E-state index contributed by atoms with van der Waals surface area (Å²) >= 11 is 0. The monoisotopic (exact) mass is 488 g/mol. The summed E-state index contributed by atoms with van der Waals surface area (Å²) in [6.45, 7) is 8.94. The highest BCUT2D eigenvalue weighted by Crippen LogP contribution is 2.41. The number of para-hydroxylation sites is 1. The molecule has 5 aromatic rings. The average Bonchev–Trinajstić information content (AvgIpc) is 3.28. The van der Waals surface area contributed by atoms with Crippen molar-refractivity contribution in [2.75, 3.05) is 0 Å². The molecule has 2 heterocycles. The molecule has 2 aromatic heterocycles. The van der Waals surface area contributed by atoms with Gasteiger partial charge in [-0.25, -0.2) is 4.57 Å². The Bertz CT molecular complexity index is 1600. The lowest BCUT2D eigenvalue weighted by Gasteiger charge is -2.22. The molecule has 1 aliphatic carbocycles. The second-order valence-corrected chi connectivity index (χ2v) is 11.4. The SMILES string of the molecule is Cc1c[n+](C)c(-c2c(C)ccc3c2oc2c(-c4ccc(C5CCCCC5)cc4)cccc23)cc1C(C)C. The molecule has 1 fully saturated rings. The maximum Gasteiger partial charge on any atom is 0.216 e. The maximum absolute atomic E-state index is 6.82. The average molecular weight is 489 g/mol. The van der Waals surface area contributed by atoms with Crippen LogP contribution < -0.4 is 4.57 Å². The van der Waals surface area contributed by atoms with Crippen molar-refractivity contribution in [1.29, 1.82) is 0 Å². The van der Waals surface area contributed by atoms with Gasteiger partial charge >= 0.3 is 0 Å². The van der Waals surface area contributed by atoms with E-state index in [4.69, 9.17) is 4.42 Å². The first-order chi connectivity index (χ1) is 17.9. The van der Waals surface area contributed by atoms with Crippen LogP contribution in [0.5, 0.6) is 0 Å². The third-order valence-electron chi connectivity index (χ3n) is 8.57. The molecule has 2 heteroatoms. The minimum atomic E-state index is 0.471. The Morgan fingerprint density at radius 1 is 0.811 bits per heavy atom. The van der Waals surface area contributed by atoms with Gasteiger partial charge in [0.2, 0.25) is 5.69 Å². The van der Waals surface area contributed by atoms with Crippen LogP contribution in [0.4, 0.5) is 0 Å². The van der Waals surface area contributed by atoms with E-state index in [0.29, 0.717) is 5.92 Å². The van der Waals surface area contributed by atoms with E-state index in [1.165, 1.54) is 87.5 Å². The molecule has 0 saturated heterocycles. The zero-order chi connectivity index (χ0) is 25.7. The number of nitrogens with zero attached hydrogens (tertiary/aromatic N) is 1. The molecule has 0 bridgehead atoms. The number of rotatable bonds is 4. The van der Waals surface area contributed by atoms with Crippen LogP contribution in [-0.2, 0) is 7.05 Å². The first-order valence-electron chi connectivity index (χ1n) is 14.0. The van der Waals surface area contributed by atoms with Gasteiger partial charge in [-0.3, -0.25) is 0 Å². The quantitative estimate of drug-likeness (QED) is 0.230. The van der Waals surface area contributed by atoms with E-state index >= 15 is 0 Å². The van der Waals surface area contributed by atoms with Crippen LogP contribution in [0.25, 0.3) is 44.3 Å². The summed E-state index contributed by atoms with van der Waals surface area (Å²) in [7, 11) is 2.15. The van der Waals surface area contributed by atoms with Gasteiger partial charge in [-0.2, -0.15) is 0 Å². The molecular weight excluding hydrogens is 450 g/mol. The van der Waals surface area contributed by atoms with Gasteiger partial charge < -0.3 is 4.42 Å². The first-order valence-corrected chi connectivity index (χ1v) is 14.0. The standard InChI is InChI=1S/C35H38NO/c1-22(2)31-20-32(36(5)21-24(31)4)33-23(3)14-19-30-29-13-9-12-28(34(29)37-35(30)33)27-17-15-26(16-18-27)25-10-7-6-8-11-25/h9,12-22,25H,6-8,10-11H2,1-5H3/q+1. The highest BCUT2D eigenvalue weighted by molar-refractivity contribution is 6.13. The molecule has 1 aliphatic rings. The first kappa shape index (κ1) is 24.0. The van der Waals surface area contributed by atoms with Crippen LogP contribution in [0, 0.1) is 13.8 Å². The summed E-state index contributed by atoms with van der Waals surface area (Å²) in [5.74, 6) is 1.19. The zero-order valence-electron chi connectivity index (χ0n) is 22.9. The number of hydrogen-bond donors (Lipinski definition) is 0. The number of aryl methyl sites for hydroxylation is 3. The van der Waals surface area contributed by atoms with Crippen LogP contribution in [0.2, 0.25) is 0 Å². The second kappa shape index (κ2) is 9.49. The Kier molecular flexibility index (Phi) is 6.15. The van der Waals surface area contributed by atoms with Gasteiger partial charge in [0.25, 0.3) is 0 Å². The molecule has 0 N–H and O–H groups in total.